The number of alkyl halides is 3. The number of halogens is 3. The SMILES string of the molecule is CCOC(=O)C(NCC(F)(F)F)c1csc(C)n1. The Morgan fingerprint density at radius 1 is 1.61 bits per heavy atom. The molecule has 1 rings (SSSR count). The quantitative estimate of drug-likeness (QED) is 0.841. The van der Waals surface area contributed by atoms with Crippen molar-refractivity contribution in [3.05, 3.63) is 16.1 Å². The highest BCUT2D eigenvalue weighted by molar-refractivity contribution is 7.09. The Labute approximate surface area is 106 Å². The van der Waals surface area contributed by atoms with E-state index < -0.39 is 24.7 Å². The number of nitrogens with one attached hydrogen (secondary N) is 1. The second-order valence-corrected chi connectivity index (χ2v) is 4.53. The van der Waals surface area contributed by atoms with Crippen LogP contribution in [0.15, 0.2) is 5.38 Å². The number of aryl methyl sites for hydroxylation is 1. The third-order valence-electron chi connectivity index (χ3n) is 1.96. The molecule has 4 nitrogen and oxygen atoms in total. The van der Waals surface area contributed by atoms with Gasteiger partial charge in [0.1, 0.15) is 6.04 Å². The van der Waals surface area contributed by atoms with Crippen molar-refractivity contribution in [2.75, 3.05) is 13.2 Å². The summed E-state index contributed by atoms with van der Waals surface area (Å²) in [6.45, 7) is 2.13. The van der Waals surface area contributed by atoms with Crippen molar-refractivity contribution >= 4 is 17.3 Å². The molecule has 1 aromatic rings. The number of esters is 1. The van der Waals surface area contributed by atoms with Crippen LogP contribution in [0.3, 0.4) is 0 Å². The van der Waals surface area contributed by atoms with Gasteiger partial charge in [-0.05, 0) is 13.8 Å². The number of carbonyl (C=O) groups is 1. The van der Waals surface area contributed by atoms with Gasteiger partial charge in [-0.1, -0.05) is 0 Å². The van der Waals surface area contributed by atoms with Crippen LogP contribution in [0, 0.1) is 6.92 Å². The molecule has 1 heterocycles. The topological polar surface area (TPSA) is 51.2 Å². The molecule has 0 aliphatic carbocycles. The van der Waals surface area contributed by atoms with Crippen LogP contribution < -0.4 is 5.32 Å². The number of nitrogens with zero attached hydrogens (tertiary/aromatic N) is 1. The van der Waals surface area contributed by atoms with Gasteiger partial charge in [0.25, 0.3) is 0 Å². The third-order valence-corrected chi connectivity index (χ3v) is 2.75. The second-order valence-electron chi connectivity index (χ2n) is 3.47. The third kappa shape index (κ3) is 4.61. The van der Waals surface area contributed by atoms with Crippen LogP contribution >= 0.6 is 11.3 Å². The lowest BCUT2D eigenvalue weighted by Crippen LogP contribution is -2.37. The lowest BCUT2D eigenvalue weighted by atomic mass is 10.2. The minimum absolute atomic E-state index is 0.103. The van der Waals surface area contributed by atoms with Gasteiger partial charge in [-0.15, -0.1) is 11.3 Å². The number of rotatable bonds is 5. The van der Waals surface area contributed by atoms with Crippen molar-refractivity contribution in [1.82, 2.24) is 10.3 Å². The molecule has 102 valence electrons. The van der Waals surface area contributed by atoms with Gasteiger partial charge in [-0.3, -0.25) is 5.32 Å². The Morgan fingerprint density at radius 3 is 2.72 bits per heavy atom. The summed E-state index contributed by atoms with van der Waals surface area (Å²) in [5.74, 6) is -0.757. The van der Waals surface area contributed by atoms with Crippen LogP contribution in [-0.4, -0.2) is 30.3 Å². The average Bonchev–Trinajstić information content (AvgIpc) is 2.64. The van der Waals surface area contributed by atoms with E-state index in [1.54, 1.807) is 19.2 Å². The number of hydrogen-bond acceptors (Lipinski definition) is 5. The number of carbonyl (C=O) groups excluding carboxylic acids is 1. The van der Waals surface area contributed by atoms with E-state index in [0.29, 0.717) is 5.01 Å². The van der Waals surface area contributed by atoms with Crippen LogP contribution in [0.25, 0.3) is 0 Å². The molecule has 0 spiro atoms. The Bertz CT molecular complexity index is 406. The Hall–Kier alpha value is -1.15. The Kier molecular flexibility index (Phi) is 5.09. The van der Waals surface area contributed by atoms with Crippen molar-refractivity contribution in [3.63, 3.8) is 0 Å². The highest BCUT2D eigenvalue weighted by Gasteiger charge is 2.32. The zero-order valence-corrected chi connectivity index (χ0v) is 10.7. The Balaban J connectivity index is 2.78. The first-order valence-electron chi connectivity index (χ1n) is 5.22. The van der Waals surface area contributed by atoms with Crippen LogP contribution in [-0.2, 0) is 9.53 Å². The molecule has 1 unspecified atom stereocenters. The van der Waals surface area contributed by atoms with Crippen molar-refractivity contribution in [3.8, 4) is 0 Å². The van der Waals surface area contributed by atoms with Crippen molar-refractivity contribution in [2.24, 2.45) is 0 Å². The average molecular weight is 282 g/mol. The predicted molar refractivity (Wildman–Crippen MR) is 60.3 cm³/mol. The Morgan fingerprint density at radius 2 is 2.28 bits per heavy atom. The van der Waals surface area contributed by atoms with Crippen molar-refractivity contribution in [1.29, 1.82) is 0 Å². The summed E-state index contributed by atoms with van der Waals surface area (Å²) >= 11 is 1.26. The normalized spacial score (nSPS) is 13.4. The van der Waals surface area contributed by atoms with Crippen LogP contribution in [0.1, 0.15) is 23.7 Å². The molecule has 8 heteroatoms. The summed E-state index contributed by atoms with van der Waals surface area (Å²) in [7, 11) is 0. The van der Waals surface area contributed by atoms with Crippen molar-refractivity contribution < 1.29 is 22.7 Å². The van der Waals surface area contributed by atoms with E-state index >= 15 is 0 Å². The highest BCUT2D eigenvalue weighted by Crippen LogP contribution is 2.20. The zero-order valence-electron chi connectivity index (χ0n) is 9.87. The maximum Gasteiger partial charge on any atom is 0.401 e. The number of hydrogen-bond donors (Lipinski definition) is 1. The van der Waals surface area contributed by atoms with E-state index in [-0.39, 0.29) is 12.3 Å². The molecule has 0 saturated heterocycles. The monoisotopic (exact) mass is 282 g/mol. The molecule has 0 bridgehead atoms. The molecule has 0 amide bonds. The molecule has 1 N–H and O–H groups in total. The van der Waals surface area contributed by atoms with E-state index in [1.165, 1.54) is 11.3 Å². The minimum atomic E-state index is -4.39. The van der Waals surface area contributed by atoms with E-state index in [0.717, 1.165) is 0 Å². The standard InChI is InChI=1S/C10H13F3N2O2S/c1-3-17-9(16)8(14-5-10(11,12)13)7-4-18-6(2)15-7/h4,8,14H,3,5H2,1-2H3. The fourth-order valence-corrected chi connectivity index (χ4v) is 1.90. The molecular formula is C10H13F3N2O2S. The van der Waals surface area contributed by atoms with Gasteiger partial charge in [-0.2, -0.15) is 13.2 Å². The van der Waals surface area contributed by atoms with Gasteiger partial charge in [0, 0.05) is 5.38 Å². The lowest BCUT2D eigenvalue weighted by Gasteiger charge is -2.16. The summed E-state index contributed by atoms with van der Waals surface area (Å²) < 4.78 is 41.2. The number of aromatic nitrogens is 1. The molecule has 0 aliphatic heterocycles. The van der Waals surface area contributed by atoms with Gasteiger partial charge in [0.2, 0.25) is 0 Å². The molecule has 1 aromatic heterocycles. The molecule has 0 fully saturated rings. The molecule has 0 saturated carbocycles. The van der Waals surface area contributed by atoms with E-state index in [1.807, 2.05) is 0 Å². The second kappa shape index (κ2) is 6.14. The van der Waals surface area contributed by atoms with Gasteiger partial charge in [0.05, 0.1) is 23.9 Å². The molecule has 1 atom stereocenters. The summed E-state index contributed by atoms with van der Waals surface area (Å²) in [6.07, 6.45) is -4.39. The predicted octanol–water partition coefficient (Wildman–Crippen LogP) is 2.21. The molecule has 18 heavy (non-hydrogen) atoms. The molecule has 0 radical (unpaired) electrons. The molecule has 0 aromatic carbocycles. The lowest BCUT2D eigenvalue weighted by molar-refractivity contribution is -0.149. The van der Waals surface area contributed by atoms with Gasteiger partial charge in [-0.25, -0.2) is 9.78 Å². The van der Waals surface area contributed by atoms with Gasteiger partial charge >= 0.3 is 12.1 Å². The number of ether oxygens (including phenoxy) is 1. The van der Waals surface area contributed by atoms with Crippen molar-refractivity contribution in [2.45, 2.75) is 26.1 Å². The summed E-state index contributed by atoms with van der Waals surface area (Å²) in [5.41, 5.74) is 0.250. The smallest absolute Gasteiger partial charge is 0.401 e. The molecule has 0 aliphatic rings. The van der Waals surface area contributed by atoms with Crippen LogP contribution in [0.4, 0.5) is 13.2 Å². The van der Waals surface area contributed by atoms with Gasteiger partial charge < -0.3 is 4.74 Å². The fourth-order valence-electron chi connectivity index (χ4n) is 1.26. The zero-order chi connectivity index (χ0) is 13.8. The maximum atomic E-state index is 12.2. The van der Waals surface area contributed by atoms with E-state index in [9.17, 15) is 18.0 Å². The van der Waals surface area contributed by atoms with Crippen LogP contribution in [0.5, 0.6) is 0 Å². The fraction of sp³-hybridized carbons (Fsp3) is 0.600. The first kappa shape index (κ1) is 14.9. The van der Waals surface area contributed by atoms with Crippen LogP contribution in [0.2, 0.25) is 0 Å². The summed E-state index contributed by atoms with van der Waals surface area (Å²) in [6, 6.07) is -1.18. The number of thiazole rings is 1. The first-order chi connectivity index (χ1) is 8.33. The first-order valence-corrected chi connectivity index (χ1v) is 6.10. The molecular weight excluding hydrogens is 269 g/mol. The largest absolute Gasteiger partial charge is 0.465 e. The van der Waals surface area contributed by atoms with E-state index in [2.05, 4.69) is 10.3 Å². The maximum absolute atomic E-state index is 12.2. The minimum Gasteiger partial charge on any atom is -0.465 e. The highest BCUT2D eigenvalue weighted by atomic mass is 32.1. The summed E-state index contributed by atoms with van der Waals surface area (Å²) in [4.78, 5) is 15.6. The van der Waals surface area contributed by atoms with Gasteiger partial charge in [0.15, 0.2) is 0 Å². The summed E-state index contributed by atoms with van der Waals surface area (Å²) in [5, 5.41) is 4.33. The van der Waals surface area contributed by atoms with E-state index in [4.69, 9.17) is 4.74 Å².